The quantitative estimate of drug-likeness (QED) is 0.617. The lowest BCUT2D eigenvalue weighted by Crippen LogP contribution is -2.05. The Bertz CT molecular complexity index is 490. The van der Waals surface area contributed by atoms with Crippen molar-refractivity contribution < 1.29 is 0 Å². The monoisotopic (exact) mass is 372 g/mol. The highest BCUT2D eigenvalue weighted by Gasteiger charge is 2.14. The molecule has 17 heavy (non-hydrogen) atoms. The Morgan fingerprint density at radius 1 is 1.29 bits per heavy atom. The van der Waals surface area contributed by atoms with E-state index in [9.17, 15) is 0 Å². The van der Waals surface area contributed by atoms with Gasteiger partial charge in [-0.25, -0.2) is 0 Å². The molecule has 90 valence electrons. The fourth-order valence-corrected chi connectivity index (χ4v) is 4.11. The van der Waals surface area contributed by atoms with Crippen LogP contribution >= 0.6 is 43.2 Å². The summed E-state index contributed by atoms with van der Waals surface area (Å²) in [6.45, 7) is 2.19. The highest BCUT2D eigenvalue weighted by Crippen LogP contribution is 2.29. The third kappa shape index (κ3) is 3.43. The first-order chi connectivity index (χ1) is 8.20. The number of alkyl halides is 1. The Labute approximate surface area is 123 Å². The maximum atomic E-state index is 3.64. The number of halogens is 2. The minimum Gasteiger partial charge on any atom is -0.148 e. The molecule has 0 aliphatic rings. The summed E-state index contributed by atoms with van der Waals surface area (Å²) in [5.74, 6) is 0.557. The van der Waals surface area contributed by atoms with E-state index in [-0.39, 0.29) is 0 Å². The summed E-state index contributed by atoms with van der Waals surface area (Å²) < 4.78 is 1.19. The van der Waals surface area contributed by atoms with Gasteiger partial charge >= 0.3 is 0 Å². The van der Waals surface area contributed by atoms with Crippen LogP contribution < -0.4 is 0 Å². The molecule has 0 saturated carbocycles. The summed E-state index contributed by atoms with van der Waals surface area (Å²) in [4.78, 5) is 1.43. The van der Waals surface area contributed by atoms with Gasteiger partial charge in [0.2, 0.25) is 0 Å². The van der Waals surface area contributed by atoms with Gasteiger partial charge in [-0.2, -0.15) is 0 Å². The highest BCUT2D eigenvalue weighted by atomic mass is 79.9. The zero-order chi connectivity index (χ0) is 12.3. The number of thiophene rings is 1. The molecule has 1 unspecified atom stereocenters. The van der Waals surface area contributed by atoms with E-state index in [1.165, 1.54) is 20.5 Å². The first-order valence-corrected chi connectivity index (χ1v) is 8.34. The number of benzene rings is 1. The van der Waals surface area contributed by atoms with Gasteiger partial charge in [-0.1, -0.05) is 40.2 Å². The van der Waals surface area contributed by atoms with Crippen LogP contribution in [-0.2, 0) is 6.42 Å². The molecular formula is C14H14Br2S. The molecule has 0 spiro atoms. The predicted octanol–water partition coefficient (Wildman–Crippen LogP) is 5.54. The van der Waals surface area contributed by atoms with Gasteiger partial charge in [-0.3, -0.25) is 0 Å². The van der Waals surface area contributed by atoms with Crippen molar-refractivity contribution >= 4 is 43.2 Å². The molecule has 0 aliphatic carbocycles. The van der Waals surface area contributed by atoms with Crippen molar-refractivity contribution in [2.45, 2.75) is 19.3 Å². The van der Waals surface area contributed by atoms with Crippen molar-refractivity contribution in [3.8, 4) is 0 Å². The summed E-state index contributed by atoms with van der Waals surface area (Å²) in [5.41, 5.74) is 2.83. The lowest BCUT2D eigenvalue weighted by atomic mass is 9.93. The largest absolute Gasteiger partial charge is 0.148 e. The average Bonchev–Trinajstić information content (AvgIpc) is 2.73. The van der Waals surface area contributed by atoms with E-state index < -0.39 is 0 Å². The van der Waals surface area contributed by atoms with Gasteiger partial charge in [-0.15, -0.1) is 11.3 Å². The topological polar surface area (TPSA) is 0 Å². The molecule has 0 bridgehead atoms. The number of hydrogen-bond acceptors (Lipinski definition) is 1. The molecule has 1 heterocycles. The van der Waals surface area contributed by atoms with Crippen molar-refractivity contribution in [1.82, 2.24) is 0 Å². The second-order valence-electron chi connectivity index (χ2n) is 4.14. The molecule has 3 heteroatoms. The summed E-state index contributed by atoms with van der Waals surface area (Å²) >= 11 is 8.98. The van der Waals surface area contributed by atoms with Crippen molar-refractivity contribution in [3.63, 3.8) is 0 Å². The van der Waals surface area contributed by atoms with E-state index in [4.69, 9.17) is 0 Å². The van der Waals surface area contributed by atoms with Crippen LogP contribution in [0.4, 0.5) is 0 Å². The summed E-state index contributed by atoms with van der Waals surface area (Å²) in [5, 5.41) is 3.16. The lowest BCUT2D eigenvalue weighted by molar-refractivity contribution is 0.779. The Hall–Kier alpha value is -0.120. The van der Waals surface area contributed by atoms with Crippen LogP contribution in [0, 0.1) is 6.92 Å². The summed E-state index contributed by atoms with van der Waals surface area (Å²) in [6.07, 6.45) is 1.10. The Morgan fingerprint density at radius 3 is 2.65 bits per heavy atom. The molecule has 2 rings (SSSR count). The Balaban J connectivity index is 2.20. The molecule has 0 fully saturated rings. The number of hydrogen-bond donors (Lipinski definition) is 0. The van der Waals surface area contributed by atoms with E-state index in [1.54, 1.807) is 0 Å². The third-order valence-electron chi connectivity index (χ3n) is 2.88. The van der Waals surface area contributed by atoms with Crippen LogP contribution in [0.3, 0.4) is 0 Å². The van der Waals surface area contributed by atoms with Crippen LogP contribution in [0.15, 0.2) is 40.2 Å². The van der Waals surface area contributed by atoms with Crippen molar-refractivity contribution in [2.24, 2.45) is 0 Å². The van der Waals surface area contributed by atoms with Crippen molar-refractivity contribution in [1.29, 1.82) is 0 Å². The van der Waals surface area contributed by atoms with Crippen LogP contribution in [-0.4, -0.2) is 5.33 Å². The fraction of sp³-hybridized carbons (Fsp3) is 0.286. The molecule has 2 aromatic rings. The zero-order valence-corrected chi connectivity index (χ0v) is 13.6. The fourth-order valence-electron chi connectivity index (χ4n) is 2.00. The van der Waals surface area contributed by atoms with Crippen molar-refractivity contribution in [3.05, 3.63) is 56.2 Å². The molecule has 0 N–H and O–H groups in total. The van der Waals surface area contributed by atoms with Crippen LogP contribution in [0.5, 0.6) is 0 Å². The highest BCUT2D eigenvalue weighted by molar-refractivity contribution is 9.10. The normalized spacial score (nSPS) is 12.6. The van der Waals surface area contributed by atoms with Crippen LogP contribution in [0.1, 0.15) is 21.9 Å². The van der Waals surface area contributed by atoms with Gasteiger partial charge in [0.05, 0.1) is 0 Å². The SMILES string of the molecule is Cc1ccccc1C(CBr)Cc1cc(Br)cs1. The van der Waals surface area contributed by atoms with E-state index >= 15 is 0 Å². The second kappa shape index (κ2) is 6.17. The van der Waals surface area contributed by atoms with Gasteiger partial charge in [0.15, 0.2) is 0 Å². The van der Waals surface area contributed by atoms with E-state index in [0.717, 1.165) is 11.8 Å². The van der Waals surface area contributed by atoms with Gasteiger partial charge in [0, 0.05) is 20.1 Å². The Kier molecular flexibility index (Phi) is 4.83. The first-order valence-electron chi connectivity index (χ1n) is 5.55. The standard InChI is InChI=1S/C14H14Br2S/c1-10-4-2-3-5-14(10)11(8-15)6-13-7-12(16)9-17-13/h2-5,7,9,11H,6,8H2,1H3. The summed E-state index contributed by atoms with van der Waals surface area (Å²) in [6, 6.07) is 10.9. The predicted molar refractivity (Wildman–Crippen MR) is 83.4 cm³/mol. The van der Waals surface area contributed by atoms with Gasteiger partial charge in [0.1, 0.15) is 0 Å². The number of aryl methyl sites for hydroxylation is 1. The molecule has 1 aromatic carbocycles. The molecule has 0 amide bonds. The average molecular weight is 374 g/mol. The molecule has 0 aliphatic heterocycles. The van der Waals surface area contributed by atoms with E-state index in [0.29, 0.717) is 5.92 Å². The summed E-state index contributed by atoms with van der Waals surface area (Å²) in [7, 11) is 0. The smallest absolute Gasteiger partial charge is 0.0285 e. The molecule has 0 nitrogen and oxygen atoms in total. The molecule has 0 saturated heterocycles. The van der Waals surface area contributed by atoms with Gasteiger partial charge in [-0.05, 0) is 52.4 Å². The minimum atomic E-state index is 0.557. The van der Waals surface area contributed by atoms with E-state index in [2.05, 4.69) is 74.5 Å². The van der Waals surface area contributed by atoms with E-state index in [1.807, 2.05) is 11.3 Å². The van der Waals surface area contributed by atoms with Gasteiger partial charge in [0.25, 0.3) is 0 Å². The lowest BCUT2D eigenvalue weighted by Gasteiger charge is -2.16. The van der Waals surface area contributed by atoms with Crippen LogP contribution in [0.25, 0.3) is 0 Å². The number of rotatable bonds is 4. The minimum absolute atomic E-state index is 0.557. The van der Waals surface area contributed by atoms with Gasteiger partial charge < -0.3 is 0 Å². The molecular weight excluding hydrogens is 360 g/mol. The molecule has 0 radical (unpaired) electrons. The third-order valence-corrected chi connectivity index (χ3v) is 5.39. The maximum Gasteiger partial charge on any atom is 0.0285 e. The maximum absolute atomic E-state index is 3.64. The van der Waals surface area contributed by atoms with Crippen LogP contribution in [0.2, 0.25) is 0 Å². The molecule has 1 aromatic heterocycles. The Morgan fingerprint density at radius 2 is 2.06 bits per heavy atom. The second-order valence-corrected chi connectivity index (χ2v) is 6.70. The molecule has 1 atom stereocenters. The van der Waals surface area contributed by atoms with Crippen molar-refractivity contribution in [2.75, 3.05) is 5.33 Å². The zero-order valence-electron chi connectivity index (χ0n) is 9.62. The first kappa shape index (κ1) is 13.3.